The Balaban J connectivity index is 1.55. The van der Waals surface area contributed by atoms with Crippen molar-refractivity contribution < 1.29 is 4.79 Å². The van der Waals surface area contributed by atoms with Gasteiger partial charge in [-0.3, -0.25) is 4.79 Å². The molecule has 18 heavy (non-hydrogen) atoms. The quantitative estimate of drug-likeness (QED) is 0.741. The van der Waals surface area contributed by atoms with Gasteiger partial charge in [0.25, 0.3) is 0 Å². The van der Waals surface area contributed by atoms with Crippen LogP contribution in [-0.2, 0) is 4.79 Å². The van der Waals surface area contributed by atoms with Crippen LogP contribution in [0, 0.1) is 5.92 Å². The van der Waals surface area contributed by atoms with Crippen molar-refractivity contribution in [2.75, 3.05) is 26.7 Å². The molecule has 1 atom stereocenters. The molecule has 104 valence electrons. The Morgan fingerprint density at radius 1 is 1.28 bits per heavy atom. The van der Waals surface area contributed by atoms with Gasteiger partial charge in [0.2, 0.25) is 5.91 Å². The van der Waals surface area contributed by atoms with Crippen LogP contribution in [0.15, 0.2) is 0 Å². The maximum Gasteiger partial charge on any atom is 0.237 e. The molecule has 1 unspecified atom stereocenters. The third kappa shape index (κ3) is 4.58. The highest BCUT2D eigenvalue weighted by Crippen LogP contribution is 2.19. The highest BCUT2D eigenvalue weighted by Gasteiger charge is 2.25. The minimum atomic E-state index is -0.0446. The molecule has 0 aromatic carbocycles. The van der Waals surface area contributed by atoms with Crippen molar-refractivity contribution in [3.05, 3.63) is 0 Å². The first-order valence-electron chi connectivity index (χ1n) is 7.37. The molecule has 1 amide bonds. The van der Waals surface area contributed by atoms with Crippen LogP contribution in [0.25, 0.3) is 0 Å². The van der Waals surface area contributed by atoms with Crippen LogP contribution in [0.3, 0.4) is 0 Å². The van der Waals surface area contributed by atoms with E-state index < -0.39 is 0 Å². The largest absolute Gasteiger partial charge is 0.352 e. The fourth-order valence-electron chi connectivity index (χ4n) is 2.50. The molecule has 1 aliphatic carbocycles. The summed E-state index contributed by atoms with van der Waals surface area (Å²) in [6.07, 6.45) is 6.14. The molecule has 0 aromatic heterocycles. The Morgan fingerprint density at radius 3 is 2.56 bits per heavy atom. The molecule has 0 bridgehead atoms. The lowest BCUT2D eigenvalue weighted by Crippen LogP contribution is -2.43. The number of nitrogens with zero attached hydrogens (tertiary/aromatic N) is 1. The van der Waals surface area contributed by atoms with Crippen LogP contribution in [0.2, 0.25) is 0 Å². The molecule has 1 saturated heterocycles. The highest BCUT2D eigenvalue weighted by molar-refractivity contribution is 5.81. The van der Waals surface area contributed by atoms with Gasteiger partial charge >= 0.3 is 0 Å². The van der Waals surface area contributed by atoms with E-state index in [2.05, 4.69) is 22.6 Å². The van der Waals surface area contributed by atoms with Crippen molar-refractivity contribution in [3.63, 3.8) is 0 Å². The predicted molar refractivity (Wildman–Crippen MR) is 73.5 cm³/mol. The molecule has 1 aliphatic heterocycles. The number of amides is 1. The van der Waals surface area contributed by atoms with E-state index in [1.165, 1.54) is 32.4 Å². The highest BCUT2D eigenvalue weighted by atomic mass is 16.2. The van der Waals surface area contributed by atoms with Gasteiger partial charge in [-0.15, -0.1) is 0 Å². The standard InChI is InChI=1S/C14H27N3O/c1-11(14(18)16-13-3-4-13)15-8-5-12-6-9-17(2)10-7-12/h11-13,15H,3-10H2,1-2H3,(H,16,18). The van der Waals surface area contributed by atoms with Gasteiger partial charge in [-0.2, -0.15) is 0 Å². The minimum Gasteiger partial charge on any atom is -0.352 e. The second-order valence-electron chi connectivity index (χ2n) is 5.99. The van der Waals surface area contributed by atoms with Crippen molar-refractivity contribution >= 4 is 5.91 Å². The van der Waals surface area contributed by atoms with E-state index in [1.807, 2.05) is 6.92 Å². The average Bonchev–Trinajstić information content (AvgIpc) is 3.15. The molecule has 4 heteroatoms. The fraction of sp³-hybridized carbons (Fsp3) is 0.929. The minimum absolute atomic E-state index is 0.0446. The van der Waals surface area contributed by atoms with Gasteiger partial charge in [0.1, 0.15) is 0 Å². The number of likely N-dealkylation sites (tertiary alicyclic amines) is 1. The van der Waals surface area contributed by atoms with Gasteiger partial charge in [-0.05, 0) is 71.6 Å². The topological polar surface area (TPSA) is 44.4 Å². The first kappa shape index (κ1) is 13.8. The van der Waals surface area contributed by atoms with E-state index in [4.69, 9.17) is 0 Å². The second-order valence-corrected chi connectivity index (χ2v) is 5.99. The Labute approximate surface area is 110 Å². The molecule has 2 aliphatic rings. The second kappa shape index (κ2) is 6.53. The number of piperidine rings is 1. The van der Waals surface area contributed by atoms with Gasteiger partial charge in [0.05, 0.1) is 6.04 Å². The predicted octanol–water partition coefficient (Wildman–Crippen LogP) is 0.975. The van der Waals surface area contributed by atoms with Crippen LogP contribution in [-0.4, -0.2) is 49.6 Å². The Kier molecular flexibility index (Phi) is 5.01. The summed E-state index contributed by atoms with van der Waals surface area (Å²) in [5, 5.41) is 6.39. The molecule has 0 radical (unpaired) electrons. The summed E-state index contributed by atoms with van der Waals surface area (Å²) in [5.74, 6) is 1.01. The van der Waals surface area contributed by atoms with Crippen LogP contribution < -0.4 is 10.6 Å². The lowest BCUT2D eigenvalue weighted by molar-refractivity contribution is -0.122. The Hall–Kier alpha value is -0.610. The first-order chi connectivity index (χ1) is 8.65. The lowest BCUT2D eigenvalue weighted by atomic mass is 9.94. The maximum atomic E-state index is 11.7. The molecule has 1 saturated carbocycles. The monoisotopic (exact) mass is 253 g/mol. The van der Waals surface area contributed by atoms with Crippen molar-refractivity contribution in [1.29, 1.82) is 0 Å². The average molecular weight is 253 g/mol. The zero-order valence-electron chi connectivity index (χ0n) is 11.7. The van der Waals surface area contributed by atoms with Crippen LogP contribution in [0.1, 0.15) is 39.0 Å². The summed E-state index contributed by atoms with van der Waals surface area (Å²) in [4.78, 5) is 14.1. The van der Waals surface area contributed by atoms with E-state index in [-0.39, 0.29) is 11.9 Å². The summed E-state index contributed by atoms with van der Waals surface area (Å²) in [6, 6.07) is 0.424. The lowest BCUT2D eigenvalue weighted by Gasteiger charge is -2.29. The van der Waals surface area contributed by atoms with E-state index in [1.54, 1.807) is 0 Å². The Morgan fingerprint density at radius 2 is 1.94 bits per heavy atom. The van der Waals surface area contributed by atoms with Crippen LogP contribution >= 0.6 is 0 Å². The summed E-state index contributed by atoms with van der Waals surface area (Å²) in [5.41, 5.74) is 0. The van der Waals surface area contributed by atoms with Gasteiger partial charge in [-0.1, -0.05) is 0 Å². The van der Waals surface area contributed by atoms with Crippen molar-refractivity contribution in [1.82, 2.24) is 15.5 Å². The van der Waals surface area contributed by atoms with E-state index in [0.717, 1.165) is 25.3 Å². The smallest absolute Gasteiger partial charge is 0.237 e. The van der Waals surface area contributed by atoms with Crippen LogP contribution in [0.4, 0.5) is 0 Å². The summed E-state index contributed by atoms with van der Waals surface area (Å²) in [7, 11) is 2.19. The summed E-state index contributed by atoms with van der Waals surface area (Å²) >= 11 is 0. The zero-order chi connectivity index (χ0) is 13.0. The van der Waals surface area contributed by atoms with Crippen LogP contribution in [0.5, 0.6) is 0 Å². The molecular formula is C14H27N3O. The van der Waals surface area contributed by atoms with E-state index in [0.29, 0.717) is 6.04 Å². The molecule has 2 N–H and O–H groups in total. The first-order valence-corrected chi connectivity index (χ1v) is 7.37. The van der Waals surface area contributed by atoms with Gasteiger partial charge in [-0.25, -0.2) is 0 Å². The van der Waals surface area contributed by atoms with E-state index >= 15 is 0 Å². The molecule has 0 spiro atoms. The van der Waals surface area contributed by atoms with Gasteiger partial charge in [0, 0.05) is 6.04 Å². The summed E-state index contributed by atoms with van der Waals surface area (Å²) in [6.45, 7) is 5.38. The maximum absolute atomic E-state index is 11.7. The number of carbonyl (C=O) groups excluding carboxylic acids is 1. The Bertz CT molecular complexity index is 270. The summed E-state index contributed by atoms with van der Waals surface area (Å²) < 4.78 is 0. The molecular weight excluding hydrogens is 226 g/mol. The van der Waals surface area contributed by atoms with Crippen molar-refractivity contribution in [2.45, 2.75) is 51.1 Å². The number of carbonyl (C=O) groups is 1. The molecule has 2 rings (SSSR count). The normalized spacial score (nSPS) is 23.9. The van der Waals surface area contributed by atoms with Crippen molar-refractivity contribution in [3.8, 4) is 0 Å². The van der Waals surface area contributed by atoms with E-state index in [9.17, 15) is 4.79 Å². The molecule has 2 fully saturated rings. The zero-order valence-corrected chi connectivity index (χ0v) is 11.7. The van der Waals surface area contributed by atoms with Crippen molar-refractivity contribution in [2.24, 2.45) is 5.92 Å². The third-order valence-electron chi connectivity index (χ3n) is 4.16. The number of hydrogen-bond acceptors (Lipinski definition) is 3. The third-order valence-corrected chi connectivity index (χ3v) is 4.16. The SMILES string of the molecule is CC(NCCC1CCN(C)CC1)C(=O)NC1CC1. The number of nitrogens with one attached hydrogen (secondary N) is 2. The van der Waals surface area contributed by atoms with Gasteiger partial charge < -0.3 is 15.5 Å². The van der Waals surface area contributed by atoms with Gasteiger partial charge in [0.15, 0.2) is 0 Å². The molecule has 4 nitrogen and oxygen atoms in total. The number of hydrogen-bond donors (Lipinski definition) is 2. The number of rotatable bonds is 6. The molecule has 0 aromatic rings. The fourth-order valence-corrected chi connectivity index (χ4v) is 2.50. The molecule has 1 heterocycles.